The third-order valence-corrected chi connectivity index (χ3v) is 4.56. The zero-order valence-corrected chi connectivity index (χ0v) is 13.6. The van der Waals surface area contributed by atoms with Gasteiger partial charge in [0.2, 0.25) is 0 Å². The van der Waals surface area contributed by atoms with Crippen LogP contribution in [0.1, 0.15) is 15.9 Å². The average molecular weight is 335 g/mol. The van der Waals surface area contributed by atoms with Crippen LogP contribution in [-0.4, -0.2) is 25.7 Å². The molecule has 4 aromatic rings. The lowest BCUT2D eigenvalue weighted by Crippen LogP contribution is -2.11. The van der Waals surface area contributed by atoms with Crippen molar-refractivity contribution < 1.29 is 4.79 Å². The number of nitrogens with one attached hydrogen (secondary N) is 1. The van der Waals surface area contributed by atoms with E-state index in [4.69, 9.17) is 0 Å². The van der Waals surface area contributed by atoms with Crippen molar-refractivity contribution >= 4 is 32.6 Å². The van der Waals surface area contributed by atoms with E-state index in [1.165, 1.54) is 11.3 Å². The minimum atomic E-state index is -0.159. The molecule has 24 heavy (non-hydrogen) atoms. The molecule has 0 spiro atoms. The zero-order chi connectivity index (χ0) is 16.5. The van der Waals surface area contributed by atoms with Crippen molar-refractivity contribution in [2.24, 2.45) is 0 Å². The zero-order valence-electron chi connectivity index (χ0n) is 12.8. The molecule has 0 fully saturated rings. The molecule has 0 bridgehead atoms. The molecule has 1 N–H and O–H groups in total. The van der Waals surface area contributed by atoms with Crippen LogP contribution in [0.15, 0.2) is 55.1 Å². The lowest BCUT2D eigenvalue weighted by molar-refractivity contribution is 0.102. The SMILES string of the molecule is Cc1ccc(C(=O)Nc2nc3ccc(-n4cnnc4)cc3s2)cc1. The summed E-state index contributed by atoms with van der Waals surface area (Å²) in [5.74, 6) is -0.159. The molecule has 0 atom stereocenters. The molecule has 0 aliphatic rings. The summed E-state index contributed by atoms with van der Waals surface area (Å²) in [7, 11) is 0. The van der Waals surface area contributed by atoms with Crippen LogP contribution < -0.4 is 5.32 Å². The van der Waals surface area contributed by atoms with Crippen molar-refractivity contribution in [2.45, 2.75) is 6.92 Å². The maximum absolute atomic E-state index is 12.3. The van der Waals surface area contributed by atoms with Gasteiger partial charge in [-0.2, -0.15) is 0 Å². The largest absolute Gasteiger partial charge is 0.298 e. The Morgan fingerprint density at radius 1 is 1.08 bits per heavy atom. The van der Waals surface area contributed by atoms with Crippen molar-refractivity contribution in [1.82, 2.24) is 19.7 Å². The van der Waals surface area contributed by atoms with E-state index in [1.54, 1.807) is 12.7 Å². The van der Waals surface area contributed by atoms with Gasteiger partial charge in [0.15, 0.2) is 5.13 Å². The van der Waals surface area contributed by atoms with Crippen LogP contribution in [0, 0.1) is 6.92 Å². The Morgan fingerprint density at radius 3 is 2.58 bits per heavy atom. The first-order chi connectivity index (χ1) is 11.7. The molecule has 0 aliphatic heterocycles. The van der Waals surface area contributed by atoms with Gasteiger partial charge in [0.25, 0.3) is 5.91 Å². The average Bonchev–Trinajstić information content (AvgIpc) is 3.23. The summed E-state index contributed by atoms with van der Waals surface area (Å²) < 4.78 is 2.81. The molecule has 0 unspecified atom stereocenters. The van der Waals surface area contributed by atoms with Crippen LogP contribution in [0.5, 0.6) is 0 Å². The molecule has 2 heterocycles. The van der Waals surface area contributed by atoms with E-state index in [9.17, 15) is 4.79 Å². The van der Waals surface area contributed by atoms with Crippen molar-refractivity contribution in [2.75, 3.05) is 5.32 Å². The molecule has 7 heteroatoms. The van der Waals surface area contributed by atoms with E-state index in [1.807, 2.05) is 54.0 Å². The standard InChI is InChI=1S/C17H13N5OS/c1-11-2-4-12(5-3-11)16(23)21-17-20-14-7-6-13(8-15(14)24-17)22-9-18-19-10-22/h2-10H,1H3,(H,20,21,23). The second-order valence-corrected chi connectivity index (χ2v) is 6.39. The Balaban J connectivity index is 1.61. The van der Waals surface area contributed by atoms with Crippen molar-refractivity contribution in [3.8, 4) is 5.69 Å². The van der Waals surface area contributed by atoms with Crippen molar-refractivity contribution in [1.29, 1.82) is 0 Å². The van der Waals surface area contributed by atoms with E-state index < -0.39 is 0 Å². The predicted octanol–water partition coefficient (Wildman–Crippen LogP) is 3.44. The highest BCUT2D eigenvalue weighted by Gasteiger charge is 2.10. The van der Waals surface area contributed by atoms with Gasteiger partial charge in [-0.3, -0.25) is 14.7 Å². The maximum Gasteiger partial charge on any atom is 0.257 e. The molecule has 118 valence electrons. The van der Waals surface area contributed by atoms with Gasteiger partial charge >= 0.3 is 0 Å². The van der Waals surface area contributed by atoms with E-state index >= 15 is 0 Å². The fourth-order valence-corrected chi connectivity index (χ4v) is 3.23. The summed E-state index contributed by atoms with van der Waals surface area (Å²) in [6.45, 7) is 1.99. The number of aromatic nitrogens is 4. The normalized spacial score (nSPS) is 10.9. The van der Waals surface area contributed by atoms with Gasteiger partial charge in [0.1, 0.15) is 12.7 Å². The molecule has 6 nitrogen and oxygen atoms in total. The highest BCUT2D eigenvalue weighted by Crippen LogP contribution is 2.28. The summed E-state index contributed by atoms with van der Waals surface area (Å²) >= 11 is 1.44. The van der Waals surface area contributed by atoms with Crippen LogP contribution in [0.2, 0.25) is 0 Å². The number of hydrogen-bond acceptors (Lipinski definition) is 5. The molecule has 2 aromatic carbocycles. The number of hydrogen-bond donors (Lipinski definition) is 1. The van der Waals surface area contributed by atoms with Gasteiger partial charge in [0.05, 0.1) is 10.2 Å². The van der Waals surface area contributed by atoms with E-state index in [0.29, 0.717) is 10.7 Å². The number of amides is 1. The Hall–Kier alpha value is -3.06. The van der Waals surface area contributed by atoms with Crippen LogP contribution in [0.3, 0.4) is 0 Å². The number of aryl methyl sites for hydroxylation is 1. The molecule has 0 saturated heterocycles. The van der Waals surface area contributed by atoms with Gasteiger partial charge < -0.3 is 0 Å². The van der Waals surface area contributed by atoms with Gasteiger partial charge in [-0.05, 0) is 37.3 Å². The number of carbonyl (C=O) groups excluding carboxylic acids is 1. The fraction of sp³-hybridized carbons (Fsp3) is 0.0588. The minimum Gasteiger partial charge on any atom is -0.298 e. The molecular formula is C17H13N5OS. The quantitative estimate of drug-likeness (QED) is 0.622. The van der Waals surface area contributed by atoms with Crippen LogP contribution >= 0.6 is 11.3 Å². The maximum atomic E-state index is 12.3. The third kappa shape index (κ3) is 2.77. The Morgan fingerprint density at radius 2 is 1.83 bits per heavy atom. The lowest BCUT2D eigenvalue weighted by Gasteiger charge is -2.01. The number of carbonyl (C=O) groups is 1. The lowest BCUT2D eigenvalue weighted by atomic mass is 10.1. The summed E-state index contributed by atoms with van der Waals surface area (Å²) in [5.41, 5.74) is 3.53. The monoisotopic (exact) mass is 335 g/mol. The Bertz CT molecular complexity index is 1010. The van der Waals surface area contributed by atoms with Crippen molar-refractivity contribution in [3.05, 3.63) is 66.2 Å². The number of benzene rings is 2. The molecular weight excluding hydrogens is 322 g/mol. The van der Waals surface area contributed by atoms with E-state index in [2.05, 4.69) is 20.5 Å². The first-order valence-electron chi connectivity index (χ1n) is 7.33. The molecule has 2 aromatic heterocycles. The van der Waals surface area contributed by atoms with Gasteiger partial charge in [-0.1, -0.05) is 29.0 Å². The smallest absolute Gasteiger partial charge is 0.257 e. The van der Waals surface area contributed by atoms with Crippen LogP contribution in [-0.2, 0) is 0 Å². The molecule has 0 radical (unpaired) electrons. The molecule has 0 saturated carbocycles. The van der Waals surface area contributed by atoms with E-state index in [-0.39, 0.29) is 5.91 Å². The fourth-order valence-electron chi connectivity index (χ4n) is 2.34. The topological polar surface area (TPSA) is 72.7 Å². The van der Waals surface area contributed by atoms with Gasteiger partial charge in [-0.25, -0.2) is 4.98 Å². The second kappa shape index (κ2) is 5.86. The molecule has 4 rings (SSSR count). The Labute approximate surface area is 141 Å². The summed E-state index contributed by atoms with van der Waals surface area (Å²) in [5, 5.41) is 11.1. The van der Waals surface area contributed by atoms with Gasteiger partial charge in [-0.15, -0.1) is 10.2 Å². The van der Waals surface area contributed by atoms with Crippen molar-refractivity contribution in [3.63, 3.8) is 0 Å². The number of nitrogens with zero attached hydrogens (tertiary/aromatic N) is 4. The van der Waals surface area contributed by atoms with Gasteiger partial charge in [0, 0.05) is 11.3 Å². The summed E-state index contributed by atoms with van der Waals surface area (Å²) in [4.78, 5) is 16.8. The Kier molecular flexibility index (Phi) is 3.55. The number of anilines is 1. The third-order valence-electron chi connectivity index (χ3n) is 3.62. The summed E-state index contributed by atoms with van der Waals surface area (Å²) in [6, 6.07) is 13.3. The highest BCUT2D eigenvalue weighted by atomic mass is 32.1. The highest BCUT2D eigenvalue weighted by molar-refractivity contribution is 7.22. The first kappa shape index (κ1) is 14.5. The minimum absolute atomic E-state index is 0.159. The second-order valence-electron chi connectivity index (χ2n) is 5.36. The molecule has 0 aliphatic carbocycles. The number of fused-ring (bicyclic) bond motifs is 1. The molecule has 1 amide bonds. The van der Waals surface area contributed by atoms with Crippen LogP contribution in [0.25, 0.3) is 15.9 Å². The van der Waals surface area contributed by atoms with Crippen LogP contribution in [0.4, 0.5) is 5.13 Å². The number of thiazole rings is 1. The summed E-state index contributed by atoms with van der Waals surface area (Å²) in [6.07, 6.45) is 3.28. The van der Waals surface area contributed by atoms with E-state index in [0.717, 1.165) is 21.5 Å². The predicted molar refractivity (Wildman–Crippen MR) is 93.7 cm³/mol. The number of rotatable bonds is 3. The first-order valence-corrected chi connectivity index (χ1v) is 8.14.